The zero-order chi connectivity index (χ0) is 23.7. The quantitative estimate of drug-likeness (QED) is 0.278. The first-order chi connectivity index (χ1) is 16.7. The van der Waals surface area contributed by atoms with E-state index in [1.54, 1.807) is 0 Å². The number of hydrogen-bond acceptors (Lipinski definition) is 5. The summed E-state index contributed by atoms with van der Waals surface area (Å²) in [7, 11) is 0. The number of benzene rings is 2. The van der Waals surface area contributed by atoms with Gasteiger partial charge in [0.05, 0.1) is 17.4 Å². The molecular formula is C28H27N5O. The van der Waals surface area contributed by atoms with Crippen LogP contribution in [0.5, 0.6) is 0 Å². The number of nitroso groups, excluding NO2 is 1. The molecule has 0 spiro atoms. The predicted octanol–water partition coefficient (Wildman–Crippen LogP) is 6.96. The molecule has 1 fully saturated rings. The van der Waals surface area contributed by atoms with E-state index >= 15 is 0 Å². The topological polar surface area (TPSA) is 72.5 Å². The molecule has 2 aromatic carbocycles. The molecule has 0 radical (unpaired) electrons. The molecule has 0 atom stereocenters. The Labute approximate surface area is 198 Å². The van der Waals surface area contributed by atoms with E-state index in [2.05, 4.69) is 57.7 Å². The molecule has 0 N–H and O–H groups in total. The fourth-order valence-electron chi connectivity index (χ4n) is 4.57. The Morgan fingerprint density at radius 2 is 1.68 bits per heavy atom. The largest absolute Gasteiger partial charge is 0.236 e. The summed E-state index contributed by atoms with van der Waals surface area (Å²) in [5.74, 6) is 0.419. The second-order valence-corrected chi connectivity index (χ2v) is 8.53. The van der Waals surface area contributed by atoms with E-state index in [1.807, 2.05) is 55.7 Å². The third kappa shape index (κ3) is 3.85. The average Bonchev–Trinajstić information content (AvgIpc) is 3.25. The first-order valence-corrected chi connectivity index (χ1v) is 11.8. The molecule has 6 rings (SSSR count). The van der Waals surface area contributed by atoms with Crippen LogP contribution in [0.4, 0.5) is 0 Å². The van der Waals surface area contributed by atoms with Gasteiger partial charge in [-0.1, -0.05) is 73.6 Å². The van der Waals surface area contributed by atoms with E-state index in [-0.39, 0.29) is 6.04 Å². The average molecular weight is 450 g/mol. The highest BCUT2D eigenvalue weighted by Crippen LogP contribution is 2.40. The van der Waals surface area contributed by atoms with Crippen molar-refractivity contribution in [3.8, 4) is 22.4 Å². The van der Waals surface area contributed by atoms with Crippen LogP contribution in [0.15, 0.2) is 78.1 Å². The first-order valence-electron chi connectivity index (χ1n) is 11.8. The van der Waals surface area contributed by atoms with Gasteiger partial charge in [0.15, 0.2) is 11.3 Å². The highest BCUT2D eigenvalue weighted by Gasteiger charge is 2.31. The molecular weight excluding hydrogens is 422 g/mol. The van der Waals surface area contributed by atoms with Gasteiger partial charge in [0.2, 0.25) is 0 Å². The van der Waals surface area contributed by atoms with Gasteiger partial charge in [-0.3, -0.25) is 0 Å². The van der Waals surface area contributed by atoms with Crippen molar-refractivity contribution in [2.24, 2.45) is 5.18 Å². The Bertz CT molecular complexity index is 1450. The summed E-state index contributed by atoms with van der Waals surface area (Å²) in [6.45, 7) is 5.96. The summed E-state index contributed by atoms with van der Waals surface area (Å²) in [6, 6.07) is 23.0. The van der Waals surface area contributed by atoms with Crippen LogP contribution in [-0.2, 0) is 0 Å². The maximum absolute atomic E-state index is 10.7. The second-order valence-electron chi connectivity index (χ2n) is 8.53. The second kappa shape index (κ2) is 9.14. The van der Waals surface area contributed by atoms with Crippen LogP contribution in [0, 0.1) is 11.8 Å². The zero-order valence-electron chi connectivity index (χ0n) is 19.6. The summed E-state index contributed by atoms with van der Waals surface area (Å²) in [6.07, 6.45) is 3.55. The number of rotatable bonds is 4. The summed E-state index contributed by atoms with van der Waals surface area (Å²) in [5.41, 5.74) is 7.88. The van der Waals surface area contributed by atoms with Gasteiger partial charge in [-0.05, 0) is 42.9 Å². The molecule has 3 aromatic heterocycles. The van der Waals surface area contributed by atoms with Crippen LogP contribution in [0.2, 0.25) is 0 Å². The summed E-state index contributed by atoms with van der Waals surface area (Å²) >= 11 is 0. The predicted molar refractivity (Wildman–Crippen MR) is 137 cm³/mol. The fourth-order valence-corrected chi connectivity index (χ4v) is 4.57. The van der Waals surface area contributed by atoms with Crippen molar-refractivity contribution < 1.29 is 0 Å². The fraction of sp³-hybridized carbons (Fsp3) is 0.250. The van der Waals surface area contributed by atoms with Crippen molar-refractivity contribution in [3.05, 3.63) is 89.1 Å². The van der Waals surface area contributed by atoms with E-state index in [4.69, 9.17) is 4.98 Å². The van der Waals surface area contributed by atoms with Gasteiger partial charge in [0.1, 0.15) is 0 Å². The van der Waals surface area contributed by atoms with E-state index in [0.717, 1.165) is 57.6 Å². The van der Waals surface area contributed by atoms with Gasteiger partial charge in [-0.25, -0.2) is 9.97 Å². The Morgan fingerprint density at radius 1 is 0.941 bits per heavy atom. The Kier molecular flexibility index (Phi) is 5.88. The molecule has 0 bridgehead atoms. The van der Waals surface area contributed by atoms with Crippen molar-refractivity contribution in [1.82, 2.24) is 19.6 Å². The Balaban J connectivity index is 0.00000117. The molecule has 3 heterocycles. The molecule has 34 heavy (non-hydrogen) atoms. The van der Waals surface area contributed by atoms with E-state index in [1.165, 1.54) is 5.56 Å². The minimum atomic E-state index is -0.0277. The molecule has 0 aliphatic heterocycles. The lowest BCUT2D eigenvalue weighted by molar-refractivity contribution is 0.351. The zero-order valence-corrected chi connectivity index (χ0v) is 19.6. The third-order valence-electron chi connectivity index (χ3n) is 6.38. The number of hydrogen-bond donors (Lipinski definition) is 0. The van der Waals surface area contributed by atoms with Gasteiger partial charge >= 0.3 is 0 Å². The van der Waals surface area contributed by atoms with Crippen molar-refractivity contribution >= 4 is 16.7 Å². The smallest absolute Gasteiger partial charge is 0.165 e. The van der Waals surface area contributed by atoms with Crippen molar-refractivity contribution in [1.29, 1.82) is 0 Å². The van der Waals surface area contributed by atoms with Crippen molar-refractivity contribution in [2.75, 3.05) is 0 Å². The molecule has 5 aromatic rings. The molecule has 6 nitrogen and oxygen atoms in total. The minimum Gasteiger partial charge on any atom is -0.236 e. The van der Waals surface area contributed by atoms with Gasteiger partial charge in [-0.2, -0.15) is 14.5 Å². The van der Waals surface area contributed by atoms with E-state index < -0.39 is 0 Å². The highest BCUT2D eigenvalue weighted by atomic mass is 16.3. The number of pyridine rings is 1. The molecule has 0 amide bonds. The highest BCUT2D eigenvalue weighted by molar-refractivity contribution is 5.90. The van der Waals surface area contributed by atoms with Gasteiger partial charge in [-0.15, -0.1) is 0 Å². The summed E-state index contributed by atoms with van der Waals surface area (Å²) < 4.78 is 1.82. The number of fused-ring (bicyclic) bond motifs is 3. The molecule has 0 unspecified atom stereocenters. The third-order valence-corrected chi connectivity index (χ3v) is 6.38. The lowest BCUT2D eigenvalue weighted by atomic mass is 9.76. The van der Waals surface area contributed by atoms with Crippen LogP contribution in [0.3, 0.4) is 0 Å². The summed E-state index contributed by atoms with van der Waals surface area (Å²) in [5, 5.41) is 8.71. The molecule has 1 aliphatic carbocycles. The van der Waals surface area contributed by atoms with Crippen molar-refractivity contribution in [3.63, 3.8) is 0 Å². The lowest BCUT2D eigenvalue weighted by Crippen LogP contribution is -2.24. The van der Waals surface area contributed by atoms with E-state index in [0.29, 0.717) is 5.92 Å². The molecule has 170 valence electrons. The first kappa shape index (κ1) is 21.9. The van der Waals surface area contributed by atoms with Gasteiger partial charge < -0.3 is 0 Å². The van der Waals surface area contributed by atoms with Gasteiger partial charge in [0.25, 0.3) is 0 Å². The van der Waals surface area contributed by atoms with Gasteiger partial charge in [0, 0.05) is 28.8 Å². The lowest BCUT2D eigenvalue weighted by Gasteiger charge is -2.30. The maximum Gasteiger partial charge on any atom is 0.165 e. The van der Waals surface area contributed by atoms with Crippen LogP contribution in [-0.4, -0.2) is 25.6 Å². The monoisotopic (exact) mass is 449 g/mol. The Hall–Kier alpha value is -3.93. The normalized spacial score (nSPS) is 17.1. The minimum absolute atomic E-state index is 0.0277. The Morgan fingerprint density at radius 3 is 2.38 bits per heavy atom. The molecule has 6 heteroatoms. The van der Waals surface area contributed by atoms with Crippen LogP contribution in [0.25, 0.3) is 39.1 Å². The number of nitrogens with zero attached hydrogens (tertiary/aromatic N) is 5. The molecule has 1 saturated carbocycles. The SMILES string of the molecule is CC.Cc1cc2ncc3cc(-c4ccccc4)c(-c4ccc(C5CC(N=O)C5)cc4)nc3n2n1. The molecule has 1 aliphatic rings. The number of aromatic nitrogens is 4. The number of aryl methyl sites for hydroxylation is 1. The van der Waals surface area contributed by atoms with Crippen LogP contribution < -0.4 is 0 Å². The standard InChI is InChI=1S/C26H21N5O.C2H6/c1-16-11-24-27-15-21-14-23(18-5-3-2-4-6-18)25(28-26(21)31(24)29-16)19-9-7-17(8-10-19)20-12-22(13-20)30-32;1-2/h2-11,14-15,20,22H,12-13H2,1H3;1-2H3. The van der Waals surface area contributed by atoms with Crippen LogP contribution >= 0.6 is 0 Å². The summed E-state index contributed by atoms with van der Waals surface area (Å²) in [4.78, 5) is 20.4. The van der Waals surface area contributed by atoms with Crippen LogP contribution in [0.1, 0.15) is 43.9 Å². The molecule has 0 saturated heterocycles. The van der Waals surface area contributed by atoms with E-state index in [9.17, 15) is 4.91 Å². The van der Waals surface area contributed by atoms with Crippen molar-refractivity contribution in [2.45, 2.75) is 45.6 Å². The maximum atomic E-state index is 10.7.